The second-order valence-electron chi connectivity index (χ2n) is 5.11. The first-order valence-electron chi connectivity index (χ1n) is 8.10. The van der Waals surface area contributed by atoms with Crippen LogP contribution in [0.25, 0.3) is 0 Å². The SMILES string of the molecule is CCSc1ccccc1C(=O)NCC#CCOc1ccccc1C(N)=O. The van der Waals surface area contributed by atoms with Gasteiger partial charge in [-0.15, -0.1) is 11.8 Å². The summed E-state index contributed by atoms with van der Waals surface area (Å²) in [5.74, 6) is 6.21. The normalized spacial score (nSPS) is 9.73. The highest BCUT2D eigenvalue weighted by atomic mass is 32.2. The number of nitrogens with two attached hydrogens (primary N) is 1. The predicted octanol–water partition coefficient (Wildman–Crippen LogP) is 2.71. The fraction of sp³-hybridized carbons (Fsp3) is 0.200. The summed E-state index contributed by atoms with van der Waals surface area (Å²) in [6, 6.07) is 14.2. The first kappa shape index (κ1) is 19.4. The number of amides is 2. The van der Waals surface area contributed by atoms with Gasteiger partial charge >= 0.3 is 0 Å². The maximum absolute atomic E-state index is 12.2. The molecule has 0 bridgehead atoms. The first-order chi connectivity index (χ1) is 12.6. The van der Waals surface area contributed by atoms with Crippen molar-refractivity contribution in [1.29, 1.82) is 0 Å². The van der Waals surface area contributed by atoms with Crippen molar-refractivity contribution in [1.82, 2.24) is 5.32 Å². The number of ether oxygens (including phenoxy) is 1. The van der Waals surface area contributed by atoms with Crippen molar-refractivity contribution in [3.8, 4) is 17.6 Å². The molecule has 0 unspecified atom stereocenters. The van der Waals surface area contributed by atoms with E-state index in [9.17, 15) is 9.59 Å². The van der Waals surface area contributed by atoms with Crippen LogP contribution >= 0.6 is 11.8 Å². The molecule has 0 aliphatic carbocycles. The molecule has 0 radical (unpaired) electrons. The molecule has 134 valence electrons. The van der Waals surface area contributed by atoms with Gasteiger partial charge in [-0.2, -0.15) is 0 Å². The van der Waals surface area contributed by atoms with Crippen LogP contribution in [-0.4, -0.2) is 30.7 Å². The molecule has 2 amide bonds. The molecule has 0 spiro atoms. The smallest absolute Gasteiger partial charge is 0.253 e. The summed E-state index contributed by atoms with van der Waals surface area (Å²) in [5.41, 5.74) is 6.24. The molecule has 0 heterocycles. The van der Waals surface area contributed by atoms with Gasteiger partial charge in [0, 0.05) is 4.90 Å². The van der Waals surface area contributed by atoms with Crippen LogP contribution in [0.2, 0.25) is 0 Å². The summed E-state index contributed by atoms with van der Waals surface area (Å²) in [6.07, 6.45) is 0. The van der Waals surface area contributed by atoms with Crippen LogP contribution in [0.3, 0.4) is 0 Å². The fourth-order valence-electron chi connectivity index (χ4n) is 2.18. The number of benzene rings is 2. The van der Waals surface area contributed by atoms with Gasteiger partial charge in [0.1, 0.15) is 12.4 Å². The maximum Gasteiger partial charge on any atom is 0.253 e. The lowest BCUT2D eigenvalue weighted by Crippen LogP contribution is -2.24. The van der Waals surface area contributed by atoms with Gasteiger partial charge in [0.25, 0.3) is 11.8 Å². The molecule has 26 heavy (non-hydrogen) atoms. The summed E-state index contributed by atoms with van der Waals surface area (Å²) in [4.78, 5) is 24.5. The third kappa shape index (κ3) is 5.57. The molecule has 3 N–H and O–H groups in total. The van der Waals surface area contributed by atoms with E-state index in [0.717, 1.165) is 10.6 Å². The number of rotatable bonds is 7. The average Bonchev–Trinajstić information content (AvgIpc) is 2.65. The lowest BCUT2D eigenvalue weighted by molar-refractivity contribution is 0.0954. The maximum atomic E-state index is 12.2. The molecule has 2 aromatic rings. The zero-order valence-corrected chi connectivity index (χ0v) is 15.3. The minimum Gasteiger partial charge on any atom is -0.480 e. The highest BCUT2D eigenvalue weighted by molar-refractivity contribution is 7.99. The highest BCUT2D eigenvalue weighted by Crippen LogP contribution is 2.22. The zero-order chi connectivity index (χ0) is 18.8. The Hall–Kier alpha value is -2.91. The van der Waals surface area contributed by atoms with E-state index in [-0.39, 0.29) is 19.1 Å². The Kier molecular flexibility index (Phi) is 7.59. The lowest BCUT2D eigenvalue weighted by Gasteiger charge is -2.07. The Balaban J connectivity index is 1.84. The minimum absolute atomic E-state index is 0.0996. The summed E-state index contributed by atoms with van der Waals surface area (Å²) in [6.45, 7) is 2.36. The van der Waals surface area contributed by atoms with Crippen molar-refractivity contribution >= 4 is 23.6 Å². The largest absolute Gasteiger partial charge is 0.480 e. The third-order valence-electron chi connectivity index (χ3n) is 3.35. The van der Waals surface area contributed by atoms with E-state index in [1.54, 1.807) is 42.1 Å². The molecular formula is C20H20N2O3S. The van der Waals surface area contributed by atoms with E-state index in [4.69, 9.17) is 10.5 Å². The number of nitrogens with one attached hydrogen (secondary N) is 1. The van der Waals surface area contributed by atoms with Gasteiger partial charge in [0.15, 0.2) is 0 Å². The number of carbonyl (C=O) groups is 2. The van der Waals surface area contributed by atoms with Gasteiger partial charge in [0.2, 0.25) is 0 Å². The van der Waals surface area contributed by atoms with Crippen LogP contribution in [0.15, 0.2) is 53.4 Å². The van der Waals surface area contributed by atoms with Crippen molar-refractivity contribution in [2.45, 2.75) is 11.8 Å². The van der Waals surface area contributed by atoms with E-state index >= 15 is 0 Å². The van der Waals surface area contributed by atoms with Crippen molar-refractivity contribution < 1.29 is 14.3 Å². The highest BCUT2D eigenvalue weighted by Gasteiger charge is 2.09. The number of hydrogen-bond donors (Lipinski definition) is 2. The second-order valence-corrected chi connectivity index (χ2v) is 6.42. The van der Waals surface area contributed by atoms with Gasteiger partial charge < -0.3 is 15.8 Å². The van der Waals surface area contributed by atoms with Crippen molar-refractivity contribution in [3.05, 3.63) is 59.7 Å². The topological polar surface area (TPSA) is 81.4 Å². The summed E-state index contributed by atoms with van der Waals surface area (Å²) in [5, 5.41) is 2.77. The van der Waals surface area contributed by atoms with Crippen LogP contribution in [0, 0.1) is 11.8 Å². The monoisotopic (exact) mass is 368 g/mol. The number of para-hydroxylation sites is 1. The van der Waals surface area contributed by atoms with E-state index in [0.29, 0.717) is 16.9 Å². The number of primary amides is 1. The van der Waals surface area contributed by atoms with E-state index < -0.39 is 5.91 Å². The van der Waals surface area contributed by atoms with Crippen LogP contribution in [-0.2, 0) is 0 Å². The van der Waals surface area contributed by atoms with Gasteiger partial charge in [0.05, 0.1) is 17.7 Å². The van der Waals surface area contributed by atoms with Crippen LogP contribution in [0.1, 0.15) is 27.6 Å². The number of thioether (sulfide) groups is 1. The van der Waals surface area contributed by atoms with Crippen LogP contribution in [0.5, 0.6) is 5.75 Å². The quantitative estimate of drug-likeness (QED) is 0.582. The van der Waals surface area contributed by atoms with Crippen molar-refractivity contribution in [2.24, 2.45) is 5.73 Å². The molecule has 0 aromatic heterocycles. The molecule has 0 aliphatic rings. The Morgan fingerprint density at radius 2 is 1.77 bits per heavy atom. The molecule has 0 fully saturated rings. The Labute approximate surface area is 157 Å². The molecule has 0 saturated carbocycles. The number of hydrogen-bond acceptors (Lipinski definition) is 4. The zero-order valence-electron chi connectivity index (χ0n) is 14.5. The molecule has 5 nitrogen and oxygen atoms in total. The van der Waals surface area contributed by atoms with Crippen molar-refractivity contribution in [2.75, 3.05) is 18.9 Å². The Morgan fingerprint density at radius 3 is 2.50 bits per heavy atom. The predicted molar refractivity (Wildman–Crippen MR) is 103 cm³/mol. The summed E-state index contributed by atoms with van der Waals surface area (Å²) >= 11 is 1.62. The van der Waals surface area contributed by atoms with E-state index in [1.165, 1.54) is 0 Å². The standard InChI is InChI=1S/C20H20N2O3S/c1-2-26-18-12-6-4-10-16(18)20(24)22-13-7-8-14-25-17-11-5-3-9-15(17)19(21)23/h3-6,9-12H,2,13-14H2,1H3,(H2,21,23)(H,22,24). The fourth-order valence-corrected chi connectivity index (χ4v) is 2.98. The molecule has 6 heteroatoms. The first-order valence-corrected chi connectivity index (χ1v) is 9.09. The van der Waals surface area contributed by atoms with E-state index in [2.05, 4.69) is 17.2 Å². The summed E-state index contributed by atoms with van der Waals surface area (Å²) in [7, 11) is 0. The molecular weight excluding hydrogens is 348 g/mol. The number of carbonyl (C=O) groups excluding carboxylic acids is 2. The average molecular weight is 368 g/mol. The van der Waals surface area contributed by atoms with E-state index in [1.807, 2.05) is 25.1 Å². The van der Waals surface area contributed by atoms with Gasteiger partial charge in [-0.25, -0.2) is 0 Å². The van der Waals surface area contributed by atoms with Gasteiger partial charge in [-0.1, -0.05) is 43.0 Å². The Morgan fingerprint density at radius 1 is 1.08 bits per heavy atom. The molecule has 0 aliphatic heterocycles. The summed E-state index contributed by atoms with van der Waals surface area (Å²) < 4.78 is 5.45. The second kappa shape index (κ2) is 10.2. The van der Waals surface area contributed by atoms with Crippen molar-refractivity contribution in [3.63, 3.8) is 0 Å². The molecule has 0 atom stereocenters. The Bertz CT molecular complexity index is 840. The third-order valence-corrected chi connectivity index (χ3v) is 4.30. The minimum atomic E-state index is -0.551. The molecule has 2 aromatic carbocycles. The molecule has 2 rings (SSSR count). The van der Waals surface area contributed by atoms with Gasteiger partial charge in [-0.05, 0) is 30.0 Å². The molecule has 0 saturated heterocycles. The van der Waals surface area contributed by atoms with Crippen LogP contribution < -0.4 is 15.8 Å². The van der Waals surface area contributed by atoms with Gasteiger partial charge in [-0.3, -0.25) is 9.59 Å². The lowest BCUT2D eigenvalue weighted by atomic mass is 10.2. The van der Waals surface area contributed by atoms with Crippen LogP contribution in [0.4, 0.5) is 0 Å².